The Morgan fingerprint density at radius 2 is 1.81 bits per heavy atom. The number of amides is 1. The molecule has 1 atom stereocenters. The molecule has 0 bridgehead atoms. The van der Waals surface area contributed by atoms with Crippen LogP contribution in [0.1, 0.15) is 52.9 Å². The molecular formula is C15H26F2N2O2. The van der Waals surface area contributed by atoms with Crippen molar-refractivity contribution in [1.82, 2.24) is 4.90 Å². The van der Waals surface area contributed by atoms with E-state index in [2.05, 4.69) is 0 Å². The average molecular weight is 304 g/mol. The molecule has 0 aromatic carbocycles. The molecule has 0 aromatic rings. The standard InChI is InChI=1S/C15H26F2N2O2/c1-13(2,3)21-12(20)19-8-6-14(7-9-19)5-4-11(18)10-15(14,16)17/h11H,4-10,18H2,1-3H3. The number of hydrogen-bond donors (Lipinski definition) is 1. The minimum Gasteiger partial charge on any atom is -0.444 e. The van der Waals surface area contributed by atoms with Gasteiger partial charge in [0, 0.05) is 31.0 Å². The number of nitrogens with two attached hydrogens (primary N) is 1. The van der Waals surface area contributed by atoms with Crippen LogP contribution < -0.4 is 5.73 Å². The number of carbonyl (C=O) groups excluding carboxylic acids is 1. The molecule has 2 N–H and O–H groups in total. The lowest BCUT2D eigenvalue weighted by molar-refractivity contribution is -0.173. The SMILES string of the molecule is CC(C)(C)OC(=O)N1CCC2(CCC(N)CC2(F)F)CC1. The number of piperidine rings is 1. The highest BCUT2D eigenvalue weighted by atomic mass is 19.3. The first-order valence-corrected chi connectivity index (χ1v) is 7.66. The van der Waals surface area contributed by atoms with Gasteiger partial charge in [0.2, 0.25) is 0 Å². The number of carbonyl (C=O) groups is 1. The maximum absolute atomic E-state index is 14.4. The number of rotatable bonds is 0. The van der Waals surface area contributed by atoms with Gasteiger partial charge in [0.15, 0.2) is 0 Å². The van der Waals surface area contributed by atoms with Crippen molar-refractivity contribution in [3.8, 4) is 0 Å². The van der Waals surface area contributed by atoms with E-state index in [9.17, 15) is 13.6 Å². The van der Waals surface area contributed by atoms with Gasteiger partial charge >= 0.3 is 6.09 Å². The molecule has 1 spiro atoms. The van der Waals surface area contributed by atoms with E-state index >= 15 is 0 Å². The van der Waals surface area contributed by atoms with Crippen molar-refractivity contribution in [2.75, 3.05) is 13.1 Å². The summed E-state index contributed by atoms with van der Waals surface area (Å²) in [6.07, 6.45) is 1.09. The predicted octanol–water partition coefficient (Wildman–Crippen LogP) is 3.15. The molecule has 2 rings (SSSR count). The van der Waals surface area contributed by atoms with Crippen LogP contribution in [0.25, 0.3) is 0 Å². The fourth-order valence-corrected chi connectivity index (χ4v) is 3.35. The summed E-state index contributed by atoms with van der Waals surface area (Å²) in [5.74, 6) is -2.73. The maximum Gasteiger partial charge on any atom is 0.410 e. The van der Waals surface area contributed by atoms with Crippen LogP contribution in [0.3, 0.4) is 0 Å². The zero-order valence-electron chi connectivity index (χ0n) is 13.1. The van der Waals surface area contributed by atoms with E-state index in [0.717, 1.165) is 0 Å². The number of ether oxygens (including phenoxy) is 1. The lowest BCUT2D eigenvalue weighted by atomic mass is 9.64. The number of alkyl halides is 2. The second-order valence-corrected chi connectivity index (χ2v) is 7.46. The van der Waals surface area contributed by atoms with Gasteiger partial charge in [-0.3, -0.25) is 0 Å². The van der Waals surface area contributed by atoms with Crippen molar-refractivity contribution < 1.29 is 18.3 Å². The molecule has 21 heavy (non-hydrogen) atoms. The monoisotopic (exact) mass is 304 g/mol. The van der Waals surface area contributed by atoms with E-state index in [0.29, 0.717) is 38.8 Å². The molecule has 2 aliphatic rings. The number of likely N-dealkylation sites (tertiary alicyclic amines) is 1. The van der Waals surface area contributed by atoms with E-state index in [1.165, 1.54) is 0 Å². The van der Waals surface area contributed by atoms with Crippen molar-refractivity contribution in [2.24, 2.45) is 11.1 Å². The fraction of sp³-hybridized carbons (Fsp3) is 0.933. The predicted molar refractivity (Wildman–Crippen MR) is 76.2 cm³/mol. The Balaban J connectivity index is 1.98. The third-order valence-electron chi connectivity index (χ3n) is 4.66. The van der Waals surface area contributed by atoms with Gasteiger partial charge in [-0.25, -0.2) is 13.6 Å². The molecule has 1 aliphatic heterocycles. The van der Waals surface area contributed by atoms with Gasteiger partial charge < -0.3 is 15.4 Å². The Bertz CT molecular complexity index is 399. The first-order valence-electron chi connectivity index (χ1n) is 7.66. The van der Waals surface area contributed by atoms with Crippen LogP contribution in [0.4, 0.5) is 13.6 Å². The van der Waals surface area contributed by atoms with Crippen LogP contribution in [0.2, 0.25) is 0 Å². The van der Waals surface area contributed by atoms with Gasteiger partial charge in [0.25, 0.3) is 5.92 Å². The Labute approximate surface area is 125 Å². The molecular weight excluding hydrogens is 278 g/mol. The molecule has 1 aliphatic carbocycles. The van der Waals surface area contributed by atoms with Crippen LogP contribution in [0.15, 0.2) is 0 Å². The van der Waals surface area contributed by atoms with E-state index in [-0.39, 0.29) is 6.42 Å². The molecule has 4 nitrogen and oxygen atoms in total. The highest BCUT2D eigenvalue weighted by molar-refractivity contribution is 5.68. The van der Waals surface area contributed by atoms with Crippen molar-refractivity contribution in [3.05, 3.63) is 0 Å². The van der Waals surface area contributed by atoms with E-state index in [1.807, 2.05) is 0 Å². The van der Waals surface area contributed by atoms with E-state index < -0.39 is 29.1 Å². The van der Waals surface area contributed by atoms with Gasteiger partial charge in [0.05, 0.1) is 0 Å². The molecule has 6 heteroatoms. The van der Waals surface area contributed by atoms with Crippen LogP contribution in [0, 0.1) is 5.41 Å². The molecule has 1 amide bonds. The average Bonchev–Trinajstić information content (AvgIpc) is 2.32. The molecule has 0 aromatic heterocycles. The quantitative estimate of drug-likeness (QED) is 0.748. The van der Waals surface area contributed by atoms with Crippen LogP contribution in [0.5, 0.6) is 0 Å². The summed E-state index contributed by atoms with van der Waals surface area (Å²) in [5.41, 5.74) is 4.13. The van der Waals surface area contributed by atoms with E-state index in [4.69, 9.17) is 10.5 Å². The lowest BCUT2D eigenvalue weighted by Crippen LogP contribution is -2.56. The second-order valence-electron chi connectivity index (χ2n) is 7.46. The molecule has 0 radical (unpaired) electrons. The number of nitrogens with zero attached hydrogens (tertiary/aromatic N) is 1. The molecule has 2 fully saturated rings. The summed E-state index contributed by atoms with van der Waals surface area (Å²) in [5, 5.41) is 0. The van der Waals surface area contributed by atoms with Crippen molar-refractivity contribution in [2.45, 2.75) is 70.4 Å². The summed E-state index contributed by atoms with van der Waals surface area (Å²) >= 11 is 0. The molecule has 1 unspecified atom stereocenters. The van der Waals surface area contributed by atoms with Gasteiger partial charge in [0.1, 0.15) is 5.60 Å². The van der Waals surface area contributed by atoms with Crippen molar-refractivity contribution >= 4 is 6.09 Å². The van der Waals surface area contributed by atoms with Crippen molar-refractivity contribution in [1.29, 1.82) is 0 Å². The normalized spacial score (nSPS) is 28.5. The van der Waals surface area contributed by atoms with Crippen molar-refractivity contribution in [3.63, 3.8) is 0 Å². The lowest BCUT2D eigenvalue weighted by Gasteiger charge is -2.49. The Morgan fingerprint density at radius 1 is 1.24 bits per heavy atom. The summed E-state index contributed by atoms with van der Waals surface area (Å²) < 4.78 is 34.1. The minimum atomic E-state index is -2.73. The van der Waals surface area contributed by atoms with Crippen LogP contribution in [-0.4, -0.2) is 41.6 Å². The zero-order chi connectivity index (χ0) is 15.9. The third kappa shape index (κ3) is 3.47. The highest BCUT2D eigenvalue weighted by Gasteiger charge is 2.57. The Hall–Kier alpha value is -0.910. The van der Waals surface area contributed by atoms with Gasteiger partial charge in [-0.15, -0.1) is 0 Å². The van der Waals surface area contributed by atoms with E-state index in [1.54, 1.807) is 25.7 Å². The molecule has 1 heterocycles. The van der Waals surface area contributed by atoms with Gasteiger partial charge in [-0.1, -0.05) is 0 Å². The fourth-order valence-electron chi connectivity index (χ4n) is 3.35. The number of hydrogen-bond acceptors (Lipinski definition) is 3. The maximum atomic E-state index is 14.4. The zero-order valence-corrected chi connectivity index (χ0v) is 13.1. The van der Waals surface area contributed by atoms with Gasteiger partial charge in [-0.05, 0) is 46.5 Å². The summed E-state index contributed by atoms with van der Waals surface area (Å²) in [6, 6.07) is -0.408. The Kier molecular flexibility index (Phi) is 4.21. The topological polar surface area (TPSA) is 55.6 Å². The highest BCUT2D eigenvalue weighted by Crippen LogP contribution is 2.53. The summed E-state index contributed by atoms with van der Waals surface area (Å²) in [7, 11) is 0. The summed E-state index contributed by atoms with van der Waals surface area (Å²) in [4.78, 5) is 13.5. The molecule has 122 valence electrons. The molecule has 1 saturated carbocycles. The van der Waals surface area contributed by atoms with Gasteiger partial charge in [-0.2, -0.15) is 0 Å². The largest absolute Gasteiger partial charge is 0.444 e. The van der Waals surface area contributed by atoms with Crippen LogP contribution in [-0.2, 0) is 4.74 Å². The number of halogens is 2. The first-order chi connectivity index (χ1) is 9.55. The summed E-state index contributed by atoms with van der Waals surface area (Å²) in [6.45, 7) is 6.06. The smallest absolute Gasteiger partial charge is 0.410 e. The minimum absolute atomic E-state index is 0.237. The van der Waals surface area contributed by atoms with Crippen LogP contribution >= 0.6 is 0 Å². The second kappa shape index (κ2) is 5.38. The third-order valence-corrected chi connectivity index (χ3v) is 4.66. The molecule has 1 saturated heterocycles. The first kappa shape index (κ1) is 16.5. The Morgan fingerprint density at radius 3 is 2.29 bits per heavy atom.